The van der Waals surface area contributed by atoms with E-state index in [4.69, 9.17) is 0 Å². The van der Waals surface area contributed by atoms with Crippen LogP contribution in [0.1, 0.15) is 11.1 Å². The van der Waals surface area contributed by atoms with Crippen LogP contribution in [0.3, 0.4) is 0 Å². The Morgan fingerprint density at radius 1 is 0.731 bits per heavy atom. The van der Waals surface area contributed by atoms with E-state index < -0.39 is 0 Å². The van der Waals surface area contributed by atoms with Crippen molar-refractivity contribution in [2.24, 2.45) is 0 Å². The van der Waals surface area contributed by atoms with E-state index in [1.165, 1.54) is 0 Å². The number of carbonyl (C=O) groups excluding carboxylic acids is 1. The molecule has 2 nitrogen and oxygen atoms in total. The monoisotopic (exact) mass is 341 g/mol. The Labute approximate surface area is 155 Å². The Bertz CT molecular complexity index is 786. The molecule has 130 valence electrons. The third-order valence-corrected chi connectivity index (χ3v) is 4.24. The summed E-state index contributed by atoms with van der Waals surface area (Å²) >= 11 is 0. The number of hydrogen-bond acceptors (Lipinski definition) is 2. The minimum absolute atomic E-state index is 0.138. The van der Waals surface area contributed by atoms with Crippen molar-refractivity contribution in [1.29, 1.82) is 0 Å². The first kappa shape index (κ1) is 17.8. The maximum absolute atomic E-state index is 12.7. The van der Waals surface area contributed by atoms with Gasteiger partial charge in [-0.2, -0.15) is 0 Å². The molecule has 0 N–H and O–H groups in total. The van der Waals surface area contributed by atoms with Gasteiger partial charge in [0.25, 0.3) is 0 Å². The number of benzene rings is 2. The van der Waals surface area contributed by atoms with Crippen LogP contribution in [0.4, 0.5) is 0 Å². The highest BCUT2D eigenvalue weighted by atomic mass is 16.1. The van der Waals surface area contributed by atoms with Crippen LogP contribution < -0.4 is 0 Å². The number of allylic oxidation sites excluding steroid dienone is 4. The molecule has 26 heavy (non-hydrogen) atoms. The third kappa shape index (κ3) is 5.01. The summed E-state index contributed by atoms with van der Waals surface area (Å²) in [5.41, 5.74) is 3.90. The summed E-state index contributed by atoms with van der Waals surface area (Å²) in [5.74, 6) is 0.138. The number of Topliss-reactive ketones (excluding diaryl/α,β-unsaturated/α-hetero) is 1. The first-order valence-electron chi connectivity index (χ1n) is 8.80. The number of piperidine rings is 1. The van der Waals surface area contributed by atoms with Crippen LogP contribution in [0.2, 0.25) is 0 Å². The Morgan fingerprint density at radius 3 is 1.58 bits per heavy atom. The first-order valence-corrected chi connectivity index (χ1v) is 8.80. The van der Waals surface area contributed by atoms with Crippen LogP contribution in [0.15, 0.2) is 96.1 Å². The van der Waals surface area contributed by atoms with Crippen molar-refractivity contribution in [2.75, 3.05) is 20.1 Å². The summed E-state index contributed by atoms with van der Waals surface area (Å²) in [5, 5.41) is 0. The lowest BCUT2D eigenvalue weighted by Gasteiger charge is -2.25. The lowest BCUT2D eigenvalue weighted by molar-refractivity contribution is -0.113. The zero-order chi connectivity index (χ0) is 18.2. The number of likely N-dealkylation sites (N-methyl/N-ethyl adjacent to an activating group) is 1. The predicted octanol–water partition coefficient (Wildman–Crippen LogP) is 4.78. The van der Waals surface area contributed by atoms with Crippen molar-refractivity contribution < 1.29 is 4.79 Å². The van der Waals surface area contributed by atoms with E-state index >= 15 is 0 Å². The van der Waals surface area contributed by atoms with Gasteiger partial charge >= 0.3 is 0 Å². The molecule has 0 aliphatic carbocycles. The SMILES string of the molecule is CN1CC(=CC=Cc2ccccc2)C(=O)/C(=C/C=C/c2ccccc2)C1. The Kier molecular flexibility index (Phi) is 6.13. The first-order chi connectivity index (χ1) is 12.7. The van der Waals surface area contributed by atoms with Gasteiger partial charge in [-0.1, -0.05) is 97.1 Å². The molecule has 2 aromatic rings. The topological polar surface area (TPSA) is 20.3 Å². The third-order valence-electron chi connectivity index (χ3n) is 4.24. The Morgan fingerprint density at radius 2 is 1.15 bits per heavy atom. The molecular weight excluding hydrogens is 318 g/mol. The molecule has 1 fully saturated rings. The molecule has 0 aromatic heterocycles. The van der Waals surface area contributed by atoms with E-state index in [0.29, 0.717) is 13.1 Å². The molecule has 0 atom stereocenters. The summed E-state index contributed by atoms with van der Waals surface area (Å²) in [6.45, 7) is 1.36. The van der Waals surface area contributed by atoms with Crippen molar-refractivity contribution >= 4 is 17.9 Å². The number of hydrogen-bond donors (Lipinski definition) is 0. The molecule has 0 unspecified atom stereocenters. The molecule has 0 amide bonds. The summed E-state index contributed by atoms with van der Waals surface area (Å²) in [7, 11) is 2.04. The molecule has 1 heterocycles. The molecule has 0 spiro atoms. The minimum atomic E-state index is 0.138. The van der Waals surface area contributed by atoms with Crippen LogP contribution >= 0.6 is 0 Å². The molecule has 0 radical (unpaired) electrons. The van der Waals surface area contributed by atoms with Gasteiger partial charge in [-0.3, -0.25) is 9.69 Å². The summed E-state index contributed by atoms with van der Waals surface area (Å²) in [6, 6.07) is 20.2. The van der Waals surface area contributed by atoms with Crippen LogP contribution in [0.25, 0.3) is 12.2 Å². The van der Waals surface area contributed by atoms with Gasteiger partial charge in [0.15, 0.2) is 5.78 Å². The van der Waals surface area contributed by atoms with Gasteiger partial charge in [0.1, 0.15) is 0 Å². The molecule has 1 aliphatic heterocycles. The second-order valence-corrected chi connectivity index (χ2v) is 6.42. The second kappa shape index (κ2) is 8.93. The maximum atomic E-state index is 12.7. The molecule has 0 bridgehead atoms. The summed E-state index contributed by atoms with van der Waals surface area (Å²) in [6.07, 6.45) is 11.8. The Hall–Kier alpha value is -2.97. The van der Waals surface area contributed by atoms with E-state index in [2.05, 4.69) is 4.90 Å². The number of carbonyl (C=O) groups is 1. The largest absolute Gasteiger partial charge is 0.298 e. The van der Waals surface area contributed by atoms with Crippen LogP contribution in [-0.2, 0) is 4.79 Å². The van der Waals surface area contributed by atoms with Crippen molar-refractivity contribution in [1.82, 2.24) is 4.90 Å². The molecule has 2 aromatic carbocycles. The molecule has 3 rings (SSSR count). The fraction of sp³-hybridized carbons (Fsp3) is 0.125. The summed E-state index contributed by atoms with van der Waals surface area (Å²) < 4.78 is 0. The van der Waals surface area contributed by atoms with Crippen molar-refractivity contribution in [3.05, 3.63) is 107 Å². The van der Waals surface area contributed by atoms with E-state index in [-0.39, 0.29) is 5.78 Å². The van der Waals surface area contributed by atoms with E-state index in [1.807, 2.05) is 104 Å². The van der Waals surface area contributed by atoms with E-state index in [0.717, 1.165) is 22.3 Å². The number of rotatable bonds is 4. The lowest BCUT2D eigenvalue weighted by Crippen LogP contribution is -2.34. The quantitative estimate of drug-likeness (QED) is 0.746. The van der Waals surface area contributed by atoms with Crippen LogP contribution in [0, 0.1) is 0 Å². The molecular formula is C24H23NO. The zero-order valence-electron chi connectivity index (χ0n) is 15.0. The highest BCUT2D eigenvalue weighted by Crippen LogP contribution is 2.17. The summed E-state index contributed by atoms with van der Waals surface area (Å²) in [4.78, 5) is 14.9. The standard InChI is InChI=1S/C24H23NO/c1-25-18-22(16-8-14-20-10-4-2-5-11-20)24(26)23(19-25)17-9-15-21-12-6-3-7-13-21/h2-17H,18-19H2,1H3/b14-8+,15-9?,22-16+,23-17?. The minimum Gasteiger partial charge on any atom is -0.298 e. The van der Waals surface area contributed by atoms with Crippen molar-refractivity contribution in [3.8, 4) is 0 Å². The highest BCUT2D eigenvalue weighted by molar-refractivity contribution is 6.10. The fourth-order valence-electron chi connectivity index (χ4n) is 2.92. The van der Waals surface area contributed by atoms with Gasteiger partial charge in [-0.25, -0.2) is 0 Å². The van der Waals surface area contributed by atoms with E-state index in [9.17, 15) is 4.79 Å². The number of likely N-dealkylation sites (tertiary alicyclic amines) is 1. The zero-order valence-corrected chi connectivity index (χ0v) is 15.0. The number of ketones is 1. The molecule has 0 saturated carbocycles. The van der Waals surface area contributed by atoms with Gasteiger partial charge in [0.05, 0.1) is 0 Å². The lowest BCUT2D eigenvalue weighted by atomic mass is 9.97. The van der Waals surface area contributed by atoms with Gasteiger partial charge in [-0.15, -0.1) is 0 Å². The van der Waals surface area contributed by atoms with Crippen LogP contribution in [0.5, 0.6) is 0 Å². The molecule has 1 aliphatic rings. The smallest absolute Gasteiger partial charge is 0.187 e. The maximum Gasteiger partial charge on any atom is 0.187 e. The molecule has 2 heteroatoms. The van der Waals surface area contributed by atoms with Gasteiger partial charge in [-0.05, 0) is 18.2 Å². The number of nitrogens with zero attached hydrogens (tertiary/aromatic N) is 1. The van der Waals surface area contributed by atoms with Crippen LogP contribution in [-0.4, -0.2) is 30.8 Å². The highest BCUT2D eigenvalue weighted by Gasteiger charge is 2.22. The van der Waals surface area contributed by atoms with Crippen molar-refractivity contribution in [2.45, 2.75) is 0 Å². The average Bonchev–Trinajstić information content (AvgIpc) is 2.67. The van der Waals surface area contributed by atoms with Gasteiger partial charge < -0.3 is 0 Å². The van der Waals surface area contributed by atoms with Crippen molar-refractivity contribution in [3.63, 3.8) is 0 Å². The van der Waals surface area contributed by atoms with E-state index in [1.54, 1.807) is 0 Å². The Balaban J connectivity index is 1.73. The normalized spacial score (nSPS) is 19.2. The second-order valence-electron chi connectivity index (χ2n) is 6.42. The fourth-order valence-corrected chi connectivity index (χ4v) is 2.92. The molecule has 1 saturated heterocycles. The van der Waals surface area contributed by atoms with Gasteiger partial charge in [0, 0.05) is 24.2 Å². The van der Waals surface area contributed by atoms with Gasteiger partial charge in [0.2, 0.25) is 0 Å². The predicted molar refractivity (Wildman–Crippen MR) is 110 cm³/mol. The average molecular weight is 341 g/mol.